The Morgan fingerprint density at radius 1 is 1.19 bits per heavy atom. The van der Waals surface area contributed by atoms with E-state index in [4.69, 9.17) is 4.74 Å². The van der Waals surface area contributed by atoms with E-state index in [-0.39, 0.29) is 29.6 Å². The molecule has 0 aromatic heterocycles. The Labute approximate surface area is 99.1 Å². The summed E-state index contributed by atoms with van der Waals surface area (Å²) in [7, 11) is 1.67. The third-order valence-corrected chi connectivity index (χ3v) is 2.48. The first-order valence-corrected chi connectivity index (χ1v) is 5.78. The zero-order valence-electron chi connectivity index (χ0n) is 11.5. The largest absolute Gasteiger partial charge is 0.380 e. The molecule has 0 aliphatic rings. The summed E-state index contributed by atoms with van der Waals surface area (Å²) >= 11 is 0. The molecule has 3 unspecified atom stereocenters. The first-order chi connectivity index (χ1) is 7.17. The molecule has 0 aromatic carbocycles. The standard InChI is InChI=1S/C12H26N2O2/c1-8(10(3)16-7)13-9(2)11(15)14-12(4,5)6/h8-10,13H,1-7H3,(H,14,15). The highest BCUT2D eigenvalue weighted by atomic mass is 16.5. The van der Waals surface area contributed by atoms with Crippen LogP contribution in [0.1, 0.15) is 41.5 Å². The van der Waals surface area contributed by atoms with Crippen LogP contribution in [0.4, 0.5) is 0 Å². The smallest absolute Gasteiger partial charge is 0.237 e. The van der Waals surface area contributed by atoms with Crippen molar-refractivity contribution in [2.75, 3.05) is 7.11 Å². The van der Waals surface area contributed by atoms with Gasteiger partial charge in [-0.05, 0) is 41.5 Å². The third-order valence-electron chi connectivity index (χ3n) is 2.48. The van der Waals surface area contributed by atoms with E-state index in [2.05, 4.69) is 10.6 Å². The molecule has 1 amide bonds. The quantitative estimate of drug-likeness (QED) is 0.748. The zero-order chi connectivity index (χ0) is 12.9. The van der Waals surface area contributed by atoms with Crippen molar-refractivity contribution in [2.24, 2.45) is 0 Å². The van der Waals surface area contributed by atoms with Crippen LogP contribution in [0.2, 0.25) is 0 Å². The maximum Gasteiger partial charge on any atom is 0.237 e. The van der Waals surface area contributed by atoms with Gasteiger partial charge in [0.2, 0.25) is 5.91 Å². The molecule has 3 atom stereocenters. The minimum Gasteiger partial charge on any atom is -0.380 e. The van der Waals surface area contributed by atoms with E-state index in [1.54, 1.807) is 7.11 Å². The Hall–Kier alpha value is -0.610. The minimum atomic E-state index is -0.216. The fraction of sp³-hybridized carbons (Fsp3) is 0.917. The Morgan fingerprint density at radius 3 is 2.06 bits per heavy atom. The Kier molecular flexibility index (Phi) is 5.97. The zero-order valence-corrected chi connectivity index (χ0v) is 11.5. The molecule has 0 saturated heterocycles. The summed E-state index contributed by atoms with van der Waals surface area (Å²) in [6, 6.07) is -0.0717. The lowest BCUT2D eigenvalue weighted by atomic mass is 10.1. The van der Waals surface area contributed by atoms with Crippen LogP contribution in [0.5, 0.6) is 0 Å². The molecular formula is C12H26N2O2. The molecular weight excluding hydrogens is 204 g/mol. The van der Waals surface area contributed by atoms with E-state index < -0.39 is 0 Å². The van der Waals surface area contributed by atoms with Crippen LogP contribution >= 0.6 is 0 Å². The Morgan fingerprint density at radius 2 is 1.69 bits per heavy atom. The van der Waals surface area contributed by atoms with Crippen molar-refractivity contribution in [3.05, 3.63) is 0 Å². The molecule has 4 heteroatoms. The lowest BCUT2D eigenvalue weighted by molar-refractivity contribution is -0.124. The summed E-state index contributed by atoms with van der Waals surface area (Å²) in [6.45, 7) is 11.8. The molecule has 4 nitrogen and oxygen atoms in total. The summed E-state index contributed by atoms with van der Waals surface area (Å²) in [5.74, 6) is 0.0163. The summed E-state index contributed by atoms with van der Waals surface area (Å²) < 4.78 is 5.20. The molecule has 0 bridgehead atoms. The highest BCUT2D eigenvalue weighted by Gasteiger charge is 2.22. The Bertz CT molecular complexity index is 224. The number of carbonyl (C=O) groups excluding carboxylic acids is 1. The molecule has 0 fully saturated rings. The van der Waals surface area contributed by atoms with Gasteiger partial charge in [0.15, 0.2) is 0 Å². The van der Waals surface area contributed by atoms with Crippen molar-refractivity contribution >= 4 is 5.91 Å². The average Bonchev–Trinajstić information content (AvgIpc) is 2.13. The van der Waals surface area contributed by atoms with Crippen LogP contribution in [0.25, 0.3) is 0 Å². The van der Waals surface area contributed by atoms with Gasteiger partial charge < -0.3 is 15.4 Å². The number of hydrogen-bond donors (Lipinski definition) is 2. The van der Waals surface area contributed by atoms with Crippen LogP contribution < -0.4 is 10.6 Å². The van der Waals surface area contributed by atoms with E-state index >= 15 is 0 Å². The third kappa shape index (κ3) is 6.08. The topological polar surface area (TPSA) is 50.4 Å². The predicted molar refractivity (Wildman–Crippen MR) is 66.4 cm³/mol. The number of nitrogens with one attached hydrogen (secondary N) is 2. The molecule has 2 N–H and O–H groups in total. The first kappa shape index (κ1) is 15.4. The summed E-state index contributed by atoms with van der Waals surface area (Å²) in [4.78, 5) is 11.8. The van der Waals surface area contributed by atoms with Gasteiger partial charge in [-0.1, -0.05) is 0 Å². The number of carbonyl (C=O) groups is 1. The second-order valence-corrected chi connectivity index (χ2v) is 5.36. The van der Waals surface area contributed by atoms with Crippen LogP contribution in [0, 0.1) is 0 Å². The maximum absolute atomic E-state index is 11.8. The normalized spacial score (nSPS) is 17.7. The molecule has 16 heavy (non-hydrogen) atoms. The molecule has 0 radical (unpaired) electrons. The highest BCUT2D eigenvalue weighted by Crippen LogP contribution is 2.02. The summed E-state index contributed by atoms with van der Waals surface area (Å²) in [5.41, 5.74) is -0.191. The lowest BCUT2D eigenvalue weighted by Gasteiger charge is -2.27. The van der Waals surface area contributed by atoms with Crippen LogP contribution in [-0.2, 0) is 9.53 Å². The molecule has 0 heterocycles. The van der Waals surface area contributed by atoms with Gasteiger partial charge >= 0.3 is 0 Å². The SMILES string of the molecule is COC(C)C(C)NC(C)C(=O)NC(C)(C)C. The van der Waals surface area contributed by atoms with E-state index in [9.17, 15) is 4.79 Å². The van der Waals surface area contributed by atoms with Crippen molar-refractivity contribution in [3.8, 4) is 0 Å². The monoisotopic (exact) mass is 230 g/mol. The Balaban J connectivity index is 4.15. The van der Waals surface area contributed by atoms with Crippen molar-refractivity contribution in [2.45, 2.75) is 65.3 Å². The number of ether oxygens (including phenoxy) is 1. The molecule has 0 aliphatic carbocycles. The molecule has 0 aliphatic heterocycles. The van der Waals surface area contributed by atoms with Crippen molar-refractivity contribution in [1.29, 1.82) is 0 Å². The molecule has 0 saturated carbocycles. The van der Waals surface area contributed by atoms with Crippen LogP contribution in [0.15, 0.2) is 0 Å². The fourth-order valence-electron chi connectivity index (χ4n) is 1.29. The number of hydrogen-bond acceptors (Lipinski definition) is 3. The molecule has 0 rings (SSSR count). The lowest BCUT2D eigenvalue weighted by Crippen LogP contribution is -2.53. The maximum atomic E-state index is 11.8. The van der Waals surface area contributed by atoms with Gasteiger partial charge in [-0.15, -0.1) is 0 Å². The first-order valence-electron chi connectivity index (χ1n) is 5.78. The van der Waals surface area contributed by atoms with E-state index in [0.29, 0.717) is 0 Å². The van der Waals surface area contributed by atoms with E-state index in [1.165, 1.54) is 0 Å². The average molecular weight is 230 g/mol. The summed E-state index contributed by atoms with van der Waals surface area (Å²) in [5, 5.41) is 6.15. The predicted octanol–water partition coefficient (Wildman–Crippen LogP) is 1.30. The molecule has 0 spiro atoms. The number of rotatable bonds is 5. The van der Waals surface area contributed by atoms with Crippen molar-refractivity contribution < 1.29 is 9.53 Å². The van der Waals surface area contributed by atoms with Gasteiger partial charge in [-0.2, -0.15) is 0 Å². The van der Waals surface area contributed by atoms with Gasteiger partial charge in [-0.3, -0.25) is 4.79 Å². The van der Waals surface area contributed by atoms with E-state index in [1.807, 2.05) is 41.5 Å². The van der Waals surface area contributed by atoms with Gasteiger partial charge in [0, 0.05) is 18.7 Å². The second-order valence-electron chi connectivity index (χ2n) is 5.36. The summed E-state index contributed by atoms with van der Waals surface area (Å²) in [6.07, 6.45) is 0.0879. The van der Waals surface area contributed by atoms with Gasteiger partial charge in [-0.25, -0.2) is 0 Å². The minimum absolute atomic E-state index is 0.0163. The van der Waals surface area contributed by atoms with Crippen molar-refractivity contribution in [3.63, 3.8) is 0 Å². The molecule has 96 valence electrons. The number of amides is 1. The fourth-order valence-corrected chi connectivity index (χ4v) is 1.29. The van der Waals surface area contributed by atoms with Gasteiger partial charge in [0.1, 0.15) is 0 Å². The number of methoxy groups -OCH3 is 1. The highest BCUT2D eigenvalue weighted by molar-refractivity contribution is 5.81. The van der Waals surface area contributed by atoms with Crippen molar-refractivity contribution in [1.82, 2.24) is 10.6 Å². The van der Waals surface area contributed by atoms with Gasteiger partial charge in [0.25, 0.3) is 0 Å². The van der Waals surface area contributed by atoms with Gasteiger partial charge in [0.05, 0.1) is 12.1 Å². The molecule has 0 aromatic rings. The van der Waals surface area contributed by atoms with Crippen LogP contribution in [-0.4, -0.2) is 36.7 Å². The van der Waals surface area contributed by atoms with Crippen LogP contribution in [0.3, 0.4) is 0 Å². The van der Waals surface area contributed by atoms with E-state index in [0.717, 1.165) is 0 Å². The second kappa shape index (κ2) is 6.21.